The van der Waals surface area contributed by atoms with Gasteiger partial charge in [0.2, 0.25) is 0 Å². The molecule has 0 aromatic heterocycles. The van der Waals surface area contributed by atoms with E-state index in [-0.39, 0.29) is 0 Å². The molecule has 0 radical (unpaired) electrons. The maximum absolute atomic E-state index is 6.06. The van der Waals surface area contributed by atoms with Crippen LogP contribution in [0.15, 0.2) is 47.5 Å². The van der Waals surface area contributed by atoms with Crippen LogP contribution in [-0.2, 0) is 24.2 Å². The van der Waals surface area contributed by atoms with Crippen LogP contribution in [0, 0.1) is 0 Å². The van der Waals surface area contributed by atoms with E-state index in [0.717, 1.165) is 55.3 Å². The number of aliphatic imine (C=N–C) groups is 1. The molecule has 1 fully saturated rings. The van der Waals surface area contributed by atoms with Gasteiger partial charge >= 0.3 is 0 Å². The molecule has 3 N–H and O–H groups in total. The van der Waals surface area contributed by atoms with Crippen LogP contribution < -0.4 is 20.5 Å². The average Bonchev–Trinajstić information content (AvgIpc) is 2.78. The minimum Gasteiger partial charge on any atom is -0.493 e. The lowest BCUT2D eigenvalue weighted by Gasteiger charge is -2.31. The van der Waals surface area contributed by atoms with Gasteiger partial charge in [-0.15, -0.1) is 0 Å². The lowest BCUT2D eigenvalue weighted by atomic mass is 10.1. The van der Waals surface area contributed by atoms with Crippen molar-refractivity contribution in [1.82, 2.24) is 10.2 Å². The Kier molecular flexibility index (Phi) is 8.55. The molecule has 0 saturated carbocycles. The molecule has 2 aromatic carbocycles. The van der Waals surface area contributed by atoms with Gasteiger partial charge in [0, 0.05) is 26.2 Å². The van der Waals surface area contributed by atoms with Crippen LogP contribution in [0.3, 0.4) is 0 Å². The molecule has 2 aromatic rings. The normalized spacial score (nSPS) is 17.4. The van der Waals surface area contributed by atoms with Crippen molar-refractivity contribution >= 4 is 5.96 Å². The maximum atomic E-state index is 6.06. The smallest absolute Gasteiger partial charge is 0.188 e. The lowest BCUT2D eigenvalue weighted by molar-refractivity contribution is -0.0212. The number of morpholine rings is 1. The zero-order valence-corrected chi connectivity index (χ0v) is 18.8. The highest BCUT2D eigenvalue weighted by molar-refractivity contribution is 5.77. The van der Waals surface area contributed by atoms with E-state index in [1.165, 1.54) is 5.56 Å². The largest absolute Gasteiger partial charge is 0.493 e. The molecular formula is C24H34N4O3. The number of methoxy groups -OCH3 is 2. The Bertz CT molecular complexity index is 872. The minimum atomic E-state index is 0.298. The predicted molar refractivity (Wildman–Crippen MR) is 124 cm³/mol. The number of nitrogens with zero attached hydrogens (tertiary/aromatic N) is 2. The van der Waals surface area contributed by atoms with Gasteiger partial charge in [0.25, 0.3) is 0 Å². The van der Waals surface area contributed by atoms with Crippen molar-refractivity contribution in [2.45, 2.75) is 32.5 Å². The zero-order valence-electron chi connectivity index (χ0n) is 18.8. The molecule has 1 heterocycles. The van der Waals surface area contributed by atoms with E-state index >= 15 is 0 Å². The molecule has 168 valence electrons. The molecule has 0 spiro atoms. The monoisotopic (exact) mass is 426 g/mol. The van der Waals surface area contributed by atoms with Crippen LogP contribution in [-0.4, -0.2) is 57.4 Å². The Balaban J connectivity index is 1.47. The van der Waals surface area contributed by atoms with Crippen LogP contribution in [0.25, 0.3) is 0 Å². The van der Waals surface area contributed by atoms with E-state index in [2.05, 4.69) is 46.4 Å². The van der Waals surface area contributed by atoms with Gasteiger partial charge in [0.05, 0.1) is 33.5 Å². The summed E-state index contributed by atoms with van der Waals surface area (Å²) >= 11 is 0. The first-order valence-electron chi connectivity index (χ1n) is 10.7. The van der Waals surface area contributed by atoms with Crippen molar-refractivity contribution in [2.75, 3.05) is 40.5 Å². The van der Waals surface area contributed by atoms with Gasteiger partial charge in [0.15, 0.2) is 17.5 Å². The number of ether oxygens (including phenoxy) is 3. The van der Waals surface area contributed by atoms with Crippen LogP contribution in [0.2, 0.25) is 0 Å². The summed E-state index contributed by atoms with van der Waals surface area (Å²) in [5.41, 5.74) is 9.65. The molecule has 7 nitrogen and oxygen atoms in total. The summed E-state index contributed by atoms with van der Waals surface area (Å²) in [6.45, 7) is 7.06. The highest BCUT2D eigenvalue weighted by atomic mass is 16.5. The first-order chi connectivity index (χ1) is 15.1. The van der Waals surface area contributed by atoms with Gasteiger partial charge in [-0.25, -0.2) is 4.99 Å². The molecule has 0 bridgehead atoms. The highest BCUT2D eigenvalue weighted by Gasteiger charge is 2.16. The van der Waals surface area contributed by atoms with E-state index in [1.54, 1.807) is 14.2 Å². The quantitative estimate of drug-likeness (QED) is 0.474. The molecule has 1 aliphatic rings. The first-order valence-corrected chi connectivity index (χ1v) is 10.7. The molecule has 0 amide bonds. The number of benzene rings is 2. The third-order valence-electron chi connectivity index (χ3n) is 5.32. The number of nitrogens with one attached hydrogen (secondary N) is 1. The van der Waals surface area contributed by atoms with Crippen LogP contribution in [0.1, 0.15) is 23.6 Å². The van der Waals surface area contributed by atoms with Crippen molar-refractivity contribution in [1.29, 1.82) is 0 Å². The predicted octanol–water partition coefficient (Wildman–Crippen LogP) is 2.57. The van der Waals surface area contributed by atoms with Gasteiger partial charge in [-0.3, -0.25) is 4.90 Å². The van der Waals surface area contributed by atoms with Crippen LogP contribution in [0.4, 0.5) is 0 Å². The van der Waals surface area contributed by atoms with E-state index < -0.39 is 0 Å². The second kappa shape index (κ2) is 11.6. The van der Waals surface area contributed by atoms with Crippen molar-refractivity contribution in [3.63, 3.8) is 0 Å². The molecule has 0 aliphatic carbocycles. The number of hydrogen-bond donors (Lipinski definition) is 2. The summed E-state index contributed by atoms with van der Waals surface area (Å²) in [4.78, 5) is 6.92. The third-order valence-corrected chi connectivity index (χ3v) is 5.32. The second-order valence-electron chi connectivity index (χ2n) is 7.80. The fourth-order valence-corrected chi connectivity index (χ4v) is 3.72. The van der Waals surface area contributed by atoms with E-state index in [1.807, 2.05) is 18.2 Å². The second-order valence-corrected chi connectivity index (χ2v) is 7.80. The maximum Gasteiger partial charge on any atom is 0.188 e. The van der Waals surface area contributed by atoms with Gasteiger partial charge in [0.1, 0.15) is 0 Å². The Morgan fingerprint density at radius 3 is 2.71 bits per heavy atom. The summed E-state index contributed by atoms with van der Waals surface area (Å²) < 4.78 is 16.3. The third kappa shape index (κ3) is 7.15. The summed E-state index contributed by atoms with van der Waals surface area (Å²) in [7, 11) is 3.27. The molecule has 1 unspecified atom stereocenters. The van der Waals surface area contributed by atoms with Crippen molar-refractivity contribution < 1.29 is 14.2 Å². The van der Waals surface area contributed by atoms with E-state index in [0.29, 0.717) is 25.2 Å². The van der Waals surface area contributed by atoms with Gasteiger partial charge in [-0.2, -0.15) is 0 Å². The van der Waals surface area contributed by atoms with E-state index in [4.69, 9.17) is 19.9 Å². The number of rotatable bonds is 9. The Morgan fingerprint density at radius 2 is 1.94 bits per heavy atom. The summed E-state index contributed by atoms with van der Waals surface area (Å²) in [6, 6.07) is 14.5. The number of hydrogen-bond acceptors (Lipinski definition) is 5. The number of nitrogens with two attached hydrogens (primary N) is 1. The standard InChI is InChI=1S/C24H34N4O3/c1-18-16-28(11-12-31-18)17-21-6-4-5-20(13-21)15-27-24(25)26-10-9-19-7-8-22(29-2)23(14-19)30-3/h4-8,13-14,18H,9-12,15-17H2,1-3H3,(H3,25,26,27). The lowest BCUT2D eigenvalue weighted by Crippen LogP contribution is -2.40. The summed E-state index contributed by atoms with van der Waals surface area (Å²) in [5.74, 6) is 1.91. The molecule has 1 saturated heterocycles. The van der Waals surface area contributed by atoms with Crippen LogP contribution >= 0.6 is 0 Å². The van der Waals surface area contributed by atoms with Gasteiger partial charge in [-0.05, 0) is 42.2 Å². The first kappa shape index (κ1) is 22.9. The molecule has 1 atom stereocenters. The molecule has 31 heavy (non-hydrogen) atoms. The fourth-order valence-electron chi connectivity index (χ4n) is 3.72. The van der Waals surface area contributed by atoms with Crippen molar-refractivity contribution in [2.24, 2.45) is 10.7 Å². The van der Waals surface area contributed by atoms with E-state index in [9.17, 15) is 0 Å². The van der Waals surface area contributed by atoms with Crippen LogP contribution in [0.5, 0.6) is 11.5 Å². The molecule has 7 heteroatoms. The molecule has 3 rings (SSSR count). The average molecular weight is 427 g/mol. The topological polar surface area (TPSA) is 81.3 Å². The van der Waals surface area contributed by atoms with Gasteiger partial charge in [-0.1, -0.05) is 30.3 Å². The summed E-state index contributed by atoms with van der Waals surface area (Å²) in [6.07, 6.45) is 1.11. The highest BCUT2D eigenvalue weighted by Crippen LogP contribution is 2.27. The molecule has 1 aliphatic heterocycles. The Morgan fingerprint density at radius 1 is 1.13 bits per heavy atom. The van der Waals surface area contributed by atoms with Crippen molar-refractivity contribution in [3.05, 3.63) is 59.2 Å². The minimum absolute atomic E-state index is 0.298. The Labute approximate surface area is 185 Å². The molecular weight excluding hydrogens is 392 g/mol. The Hall–Kier alpha value is -2.77. The van der Waals surface area contributed by atoms with Crippen molar-refractivity contribution in [3.8, 4) is 11.5 Å². The summed E-state index contributed by atoms with van der Waals surface area (Å²) in [5, 5.41) is 3.19. The van der Waals surface area contributed by atoms with Gasteiger partial charge < -0.3 is 25.3 Å². The number of guanidine groups is 1. The fraction of sp³-hybridized carbons (Fsp3) is 0.458. The SMILES string of the molecule is COc1ccc(CCNC(N)=NCc2cccc(CN3CCOC(C)C3)c2)cc1OC. The zero-order chi connectivity index (χ0) is 22.1.